The molecule has 4 heterocycles. The number of likely N-dealkylation sites (tertiary alicyclic amines) is 3. The summed E-state index contributed by atoms with van der Waals surface area (Å²) in [6.45, 7) is 18.8. The number of benzene rings is 2. The number of fused-ring (bicyclic) bond motifs is 1. The van der Waals surface area contributed by atoms with Crippen LogP contribution in [0, 0.1) is 40.4 Å². The van der Waals surface area contributed by atoms with Gasteiger partial charge in [-0.25, -0.2) is 0 Å². The van der Waals surface area contributed by atoms with E-state index in [2.05, 4.69) is 74.1 Å². The van der Waals surface area contributed by atoms with E-state index in [0.29, 0.717) is 36.8 Å². The Bertz CT molecular complexity index is 4330. The third kappa shape index (κ3) is 32.4. The van der Waals surface area contributed by atoms with Gasteiger partial charge in [-0.2, -0.15) is 0 Å². The number of aliphatic hydroxyl groups excluding tert-OH is 1. The monoisotopic (exact) mass is 1780 g/mol. The summed E-state index contributed by atoms with van der Waals surface area (Å²) in [7, 11) is 0. The molecule has 0 radical (unpaired) electrons. The molecule has 27 N–H and O–H groups in total. The van der Waals surface area contributed by atoms with Gasteiger partial charge in [-0.1, -0.05) is 118 Å². The summed E-state index contributed by atoms with van der Waals surface area (Å²) in [5, 5.41) is 61.5. The molecule has 3 aliphatic rings. The summed E-state index contributed by atoms with van der Waals surface area (Å²) in [6.07, 6.45) is 2.70. The van der Waals surface area contributed by atoms with Gasteiger partial charge in [-0.3, -0.25) is 87.5 Å². The molecule has 127 heavy (non-hydrogen) atoms. The van der Waals surface area contributed by atoms with Gasteiger partial charge in [0, 0.05) is 62.7 Å². The lowest BCUT2D eigenvalue weighted by molar-refractivity contribution is -0.148. The second-order valence-electron chi connectivity index (χ2n) is 35.2. The van der Waals surface area contributed by atoms with Gasteiger partial charge in [0.2, 0.25) is 94.5 Å². The molecule has 702 valence electrons. The van der Waals surface area contributed by atoms with Gasteiger partial charge < -0.3 is 123 Å². The van der Waals surface area contributed by atoms with Crippen molar-refractivity contribution in [1.82, 2.24) is 88.8 Å². The van der Waals surface area contributed by atoms with Crippen LogP contribution in [0.5, 0.6) is 0 Å². The molecule has 3 saturated heterocycles. The average Bonchev–Trinajstić information content (AvgIpc) is 1.65. The van der Waals surface area contributed by atoms with Crippen LogP contribution in [0.1, 0.15) is 184 Å². The zero-order chi connectivity index (χ0) is 94.2. The Kier molecular flexibility index (Phi) is 41.1. The van der Waals surface area contributed by atoms with Crippen molar-refractivity contribution in [3.8, 4) is 0 Å². The number of nitrogens with zero attached hydrogens (tertiary/aromatic N) is 3. The maximum Gasteiger partial charge on any atom is 0.246 e. The molecular weight excluding hydrogens is 1640 g/mol. The number of amides is 16. The molecule has 16 amide bonds. The second-order valence-corrected chi connectivity index (χ2v) is 35.2. The quantitative estimate of drug-likeness (QED) is 0.0156. The second kappa shape index (κ2) is 50.3. The first-order valence-electron chi connectivity index (χ1n) is 43.9. The van der Waals surface area contributed by atoms with Crippen LogP contribution >= 0.6 is 0 Å². The van der Waals surface area contributed by atoms with Crippen molar-refractivity contribution >= 4 is 117 Å². The lowest BCUT2D eigenvalue weighted by Crippen LogP contribution is -2.61. The Morgan fingerprint density at radius 3 is 1.31 bits per heavy atom. The smallest absolute Gasteiger partial charge is 0.246 e. The number of hydrogen-bond acceptors (Lipinski definition) is 20. The van der Waals surface area contributed by atoms with Gasteiger partial charge in [0.15, 0.2) is 11.9 Å². The number of nitrogens with two attached hydrogens (primary N) is 5. The minimum atomic E-state index is -1.90. The van der Waals surface area contributed by atoms with Crippen LogP contribution in [0.15, 0.2) is 60.8 Å². The van der Waals surface area contributed by atoms with Gasteiger partial charge in [-0.05, 0) is 144 Å². The van der Waals surface area contributed by atoms with Gasteiger partial charge in [0.25, 0.3) is 0 Å². The predicted molar refractivity (Wildman–Crippen MR) is 472 cm³/mol. The lowest BCUT2D eigenvalue weighted by Gasteiger charge is -2.33. The first kappa shape index (κ1) is 104. The van der Waals surface area contributed by atoms with E-state index in [-0.39, 0.29) is 145 Å². The molecule has 0 saturated carbocycles. The first-order valence-corrected chi connectivity index (χ1v) is 43.9. The van der Waals surface area contributed by atoms with Gasteiger partial charge in [0.05, 0.1) is 19.1 Å². The van der Waals surface area contributed by atoms with E-state index in [1.54, 1.807) is 64.2 Å². The molecule has 3 fully saturated rings. The Morgan fingerprint density at radius 1 is 0.433 bits per heavy atom. The molecule has 0 unspecified atom stereocenters. The van der Waals surface area contributed by atoms with Crippen molar-refractivity contribution in [2.45, 2.75) is 276 Å². The van der Waals surface area contributed by atoms with E-state index in [9.17, 15) is 81.8 Å². The maximum absolute atomic E-state index is 14.9. The van der Waals surface area contributed by atoms with E-state index in [4.69, 9.17) is 39.5 Å². The number of aromatic amines is 1. The van der Waals surface area contributed by atoms with E-state index >= 15 is 0 Å². The topological polar surface area (TPSA) is 653 Å². The number of primary amides is 2. The minimum Gasteiger partial charge on any atom is -0.394 e. The predicted octanol–water partition coefficient (Wildman–Crippen LogP) is -2.67. The van der Waals surface area contributed by atoms with Crippen LogP contribution < -0.4 is 97.8 Å². The first-order chi connectivity index (χ1) is 60.0. The van der Waals surface area contributed by atoms with Crippen molar-refractivity contribution < 1.29 is 81.8 Å². The van der Waals surface area contributed by atoms with E-state index in [1.807, 2.05) is 65.8 Å². The van der Waals surface area contributed by atoms with Crippen LogP contribution in [0.2, 0.25) is 0 Å². The number of aliphatic hydroxyl groups is 1. The zero-order valence-electron chi connectivity index (χ0n) is 74.8. The highest BCUT2D eigenvalue weighted by molar-refractivity contribution is 6.02. The summed E-state index contributed by atoms with van der Waals surface area (Å²) >= 11 is 0. The SMILES string of the molecule is CC(C)C[C@H](NC(=O)[C@H](CC(C)C)NC(=O)[C@H](CCCNC(=N)N)NC(=O)[C@H](Cc1c[nH]c2ccccc12)NC(=O)[C@@H](N)C(C)C)C(=O)N[C@@H](C)C(=O)N1CCC[C@H]1C(=O)N1CCC[C@H]1C(=O)N[C@@H](Cc1ccccc1)C(=O)N[C@@H](CO)C(=O)N[C@@H](CC(N)=O)C(=O)N[C@@H](CCCNC(=N)N)C(=O)N[C@@H](CC(C)C)C(=O)N[C@@H](CC(C)C)C(=O)N1CCC[C@H]1C(N)=O. The third-order valence-corrected chi connectivity index (χ3v) is 22.4. The highest BCUT2D eigenvalue weighted by Crippen LogP contribution is 2.28. The standard InChI is InChI=1S/C86H136N24O17/c1-45(2)36-57(102-74(117)58(37-46(3)4)100-71(114)55(26-17-31-94-85(90)91)98-77(120)61(105-81(124)69(88)49(9)10)41-52-43-96-54-25-16-15-24-53(52)54)73(116)97-50(11)82(125)110-35-21-30-67(110)84(127)109-34-20-29-66(109)80(123)104-60(40-51-22-13-12-14-23-51)76(119)107-64(44-111)79(122)103-62(42-68(87)112)78(121)99-56(27-18-32-95-86(92)93)72(115)101-59(38-47(5)6)75(118)106-63(39-48(7)8)83(126)108-33-19-28-65(108)70(89)113/h12-16,22-25,43,45-50,55-67,69,96,111H,17-21,26-42,44,88H2,1-11H3,(H2,87,112)(H2,89,113)(H,97,116)(H,98,120)(H,99,121)(H,100,114)(H,101,115)(H,102,117)(H,103,122)(H,104,123)(H,105,124)(H,106,118)(H,107,119)(H4,90,91,94)(H4,92,93,95)/t50-,55-,56-,57-,58-,59-,60-,61-,62-,63-,64-,65-,66-,67-,69-/m0/s1. The van der Waals surface area contributed by atoms with Crippen molar-refractivity contribution in [3.05, 3.63) is 71.9 Å². The molecule has 6 rings (SSSR count). The zero-order valence-corrected chi connectivity index (χ0v) is 74.8. The molecule has 3 aromatic rings. The van der Waals surface area contributed by atoms with Gasteiger partial charge in [0.1, 0.15) is 84.6 Å². The number of para-hydroxylation sites is 1. The van der Waals surface area contributed by atoms with Gasteiger partial charge in [-0.15, -0.1) is 0 Å². The fourth-order valence-electron chi connectivity index (χ4n) is 15.7. The molecule has 41 heteroatoms. The fourth-order valence-corrected chi connectivity index (χ4v) is 15.7. The van der Waals surface area contributed by atoms with Crippen LogP contribution in [-0.2, 0) is 89.6 Å². The van der Waals surface area contributed by atoms with Crippen molar-refractivity contribution in [3.63, 3.8) is 0 Å². The van der Waals surface area contributed by atoms with Crippen molar-refractivity contribution in [2.24, 2.45) is 58.3 Å². The van der Waals surface area contributed by atoms with E-state index < -0.39 is 204 Å². The summed E-state index contributed by atoms with van der Waals surface area (Å²) in [4.78, 5) is 234. The minimum absolute atomic E-state index is 0.00751. The third-order valence-electron chi connectivity index (χ3n) is 22.4. The molecule has 15 atom stereocenters. The average molecular weight is 1780 g/mol. The molecule has 0 aliphatic carbocycles. The number of nitrogens with one attached hydrogen (secondary N) is 16. The normalized spacial score (nSPS) is 17.9. The Balaban J connectivity index is 1.14. The highest BCUT2D eigenvalue weighted by atomic mass is 16.3. The molecule has 2 aromatic carbocycles. The number of carbonyl (C=O) groups excluding carboxylic acids is 16. The van der Waals surface area contributed by atoms with E-state index in [1.165, 1.54) is 21.6 Å². The van der Waals surface area contributed by atoms with Crippen molar-refractivity contribution in [2.75, 3.05) is 39.3 Å². The van der Waals surface area contributed by atoms with Crippen LogP contribution in [0.3, 0.4) is 0 Å². The molecule has 0 bridgehead atoms. The number of rotatable bonds is 50. The van der Waals surface area contributed by atoms with Crippen molar-refractivity contribution in [1.29, 1.82) is 10.8 Å². The molecular formula is C86H136N24O17. The summed E-state index contributed by atoms with van der Waals surface area (Å²) in [6, 6.07) is -4.19. The fraction of sp³-hybridized carbons (Fsp3) is 0.628. The Morgan fingerprint density at radius 2 is 0.827 bits per heavy atom. The summed E-state index contributed by atoms with van der Waals surface area (Å²) in [5.41, 5.74) is 30.6. The van der Waals surface area contributed by atoms with Crippen LogP contribution in [0.25, 0.3) is 10.9 Å². The van der Waals surface area contributed by atoms with E-state index in [0.717, 1.165) is 10.9 Å². The molecule has 0 spiro atoms. The summed E-state index contributed by atoms with van der Waals surface area (Å²) < 4.78 is 0. The van der Waals surface area contributed by atoms with Gasteiger partial charge >= 0.3 is 0 Å². The highest BCUT2D eigenvalue weighted by Gasteiger charge is 2.46. The summed E-state index contributed by atoms with van der Waals surface area (Å²) in [5.74, 6) is -15.0. The Hall–Kier alpha value is -12.0. The number of guanidine groups is 2. The maximum atomic E-state index is 14.9. The number of carbonyl (C=O) groups is 16. The Labute approximate surface area is 741 Å². The molecule has 41 nitrogen and oxygen atoms in total. The lowest BCUT2D eigenvalue weighted by atomic mass is 9.99. The number of H-pyrrole nitrogens is 1. The molecule has 3 aliphatic heterocycles. The largest absolute Gasteiger partial charge is 0.394 e. The molecule has 1 aromatic heterocycles. The number of hydrogen-bond donors (Lipinski definition) is 22. The number of aromatic nitrogens is 1. The van der Waals surface area contributed by atoms with Crippen LogP contribution in [0.4, 0.5) is 0 Å². The van der Waals surface area contributed by atoms with Crippen LogP contribution in [-0.4, -0.2) is 261 Å².